The number of nitrogens with zero attached hydrogens (tertiary/aromatic N) is 3. The van der Waals surface area contributed by atoms with E-state index in [1.165, 1.54) is 70.6 Å². The molecule has 6 atom stereocenters. The van der Waals surface area contributed by atoms with Gasteiger partial charge in [0.2, 0.25) is 0 Å². The third-order valence-corrected chi connectivity index (χ3v) is 13.9. The molecular formula is C53H57N3O2. The second-order valence-electron chi connectivity index (χ2n) is 17.4. The lowest BCUT2D eigenvalue weighted by molar-refractivity contribution is 0.266. The topological polar surface area (TPSA) is 68.1 Å². The van der Waals surface area contributed by atoms with E-state index in [0.29, 0.717) is 35.4 Å². The zero-order valence-electron chi connectivity index (χ0n) is 34.0. The number of hydrogen-bond acceptors (Lipinski definition) is 5. The maximum atomic E-state index is 11.4. The van der Waals surface area contributed by atoms with Gasteiger partial charge in [-0.2, -0.15) is 0 Å². The summed E-state index contributed by atoms with van der Waals surface area (Å²) in [7, 11) is 0. The molecule has 6 aromatic rings. The van der Waals surface area contributed by atoms with Gasteiger partial charge in [-0.1, -0.05) is 148 Å². The third kappa shape index (κ3) is 8.60. The van der Waals surface area contributed by atoms with Crippen molar-refractivity contribution >= 4 is 0 Å². The Balaban J connectivity index is 0.887. The van der Waals surface area contributed by atoms with Gasteiger partial charge in [0.15, 0.2) is 17.5 Å². The standard InChI is InChI=1S/C53H57N3O2/c1-2-36-18-19-37(33-36)20-21-45-34-44(47-16-9-17-48(45)47)15-10-32-58-46-30-31-49(50(57)35-46)53-55-51(42-26-22-40(23-27-42)38-11-5-3-6-12-38)54-52(56-53)43-28-24-41(25-29-43)39-13-7-4-8-14-39/h3-8,11-14,22-31,35-37,44-45,47-48,57H,2,9-10,15-21,32-34H2,1H3. The second kappa shape index (κ2) is 17.7. The minimum Gasteiger partial charge on any atom is -0.507 e. The SMILES string of the molecule is CCC1CCC(CCC2CC(CCCOc3ccc(-c4nc(-c5ccc(-c6ccccc6)cc5)nc(-c5ccc(-c6ccccc6)cc5)n4)c(O)c3)C3CCCC23)C1. The minimum atomic E-state index is 0.0967. The van der Waals surface area contributed by atoms with Gasteiger partial charge >= 0.3 is 0 Å². The van der Waals surface area contributed by atoms with E-state index in [0.717, 1.165) is 75.3 Å². The number of phenolic OH excluding ortho intramolecular Hbond substituents is 1. The number of fused-ring (bicyclic) bond motifs is 1. The van der Waals surface area contributed by atoms with Crippen LogP contribution < -0.4 is 4.74 Å². The first kappa shape index (κ1) is 38.2. The maximum Gasteiger partial charge on any atom is 0.167 e. The highest BCUT2D eigenvalue weighted by atomic mass is 16.5. The molecule has 6 unspecified atom stereocenters. The Labute approximate surface area is 345 Å². The van der Waals surface area contributed by atoms with Gasteiger partial charge in [-0.05, 0) is 115 Å². The fourth-order valence-corrected chi connectivity index (χ4v) is 10.8. The van der Waals surface area contributed by atoms with Crippen LogP contribution in [-0.2, 0) is 0 Å². The van der Waals surface area contributed by atoms with E-state index in [1.54, 1.807) is 6.07 Å². The van der Waals surface area contributed by atoms with Crippen molar-refractivity contribution in [2.75, 3.05) is 6.61 Å². The lowest BCUT2D eigenvalue weighted by atomic mass is 9.85. The first-order chi connectivity index (χ1) is 28.6. The van der Waals surface area contributed by atoms with Crippen molar-refractivity contribution in [3.8, 4) is 67.9 Å². The summed E-state index contributed by atoms with van der Waals surface area (Å²) >= 11 is 0. The molecule has 0 bridgehead atoms. The van der Waals surface area contributed by atoms with E-state index in [-0.39, 0.29) is 5.75 Å². The molecule has 9 rings (SSSR count). The van der Waals surface area contributed by atoms with Crippen LogP contribution in [0.15, 0.2) is 127 Å². The van der Waals surface area contributed by atoms with Gasteiger partial charge in [0.1, 0.15) is 11.5 Å². The molecule has 1 N–H and O–H groups in total. The summed E-state index contributed by atoms with van der Waals surface area (Å²) in [6.45, 7) is 3.04. The molecule has 0 radical (unpaired) electrons. The number of hydrogen-bond donors (Lipinski definition) is 1. The number of aromatic nitrogens is 3. The van der Waals surface area contributed by atoms with Crippen LogP contribution in [0.3, 0.4) is 0 Å². The van der Waals surface area contributed by atoms with Gasteiger partial charge in [0, 0.05) is 17.2 Å². The fraction of sp³-hybridized carbons (Fsp3) is 0.377. The van der Waals surface area contributed by atoms with Gasteiger partial charge in [-0.3, -0.25) is 0 Å². The fourth-order valence-electron chi connectivity index (χ4n) is 10.8. The van der Waals surface area contributed by atoms with Gasteiger partial charge < -0.3 is 9.84 Å². The molecule has 58 heavy (non-hydrogen) atoms. The number of benzene rings is 5. The van der Waals surface area contributed by atoms with Crippen molar-refractivity contribution in [3.05, 3.63) is 127 Å². The number of aromatic hydroxyl groups is 1. The Hall–Kier alpha value is -5.29. The van der Waals surface area contributed by atoms with Gasteiger partial charge in [-0.15, -0.1) is 0 Å². The van der Waals surface area contributed by atoms with Crippen molar-refractivity contribution in [3.63, 3.8) is 0 Å². The molecule has 3 saturated carbocycles. The monoisotopic (exact) mass is 767 g/mol. The zero-order valence-corrected chi connectivity index (χ0v) is 34.0. The van der Waals surface area contributed by atoms with Crippen LogP contribution in [0, 0.1) is 35.5 Å². The normalized spacial score (nSPS) is 22.6. The Morgan fingerprint density at radius 3 is 1.64 bits per heavy atom. The van der Waals surface area contributed by atoms with Gasteiger partial charge in [-0.25, -0.2) is 15.0 Å². The lowest BCUT2D eigenvalue weighted by Crippen LogP contribution is -2.12. The van der Waals surface area contributed by atoms with Crippen molar-refractivity contribution in [1.29, 1.82) is 0 Å². The van der Waals surface area contributed by atoms with E-state index in [2.05, 4.69) is 79.7 Å². The smallest absolute Gasteiger partial charge is 0.167 e. The molecule has 0 amide bonds. The zero-order chi connectivity index (χ0) is 39.3. The highest BCUT2D eigenvalue weighted by Crippen LogP contribution is 2.54. The number of rotatable bonds is 14. The highest BCUT2D eigenvalue weighted by molar-refractivity contribution is 5.73. The Morgan fingerprint density at radius 2 is 1.07 bits per heavy atom. The van der Waals surface area contributed by atoms with Crippen LogP contribution in [0.2, 0.25) is 0 Å². The van der Waals surface area contributed by atoms with Crippen molar-refractivity contribution in [2.45, 2.75) is 84.0 Å². The molecular weight excluding hydrogens is 711 g/mol. The summed E-state index contributed by atoms with van der Waals surface area (Å²) in [5.41, 5.74) is 6.85. The molecule has 5 heteroatoms. The molecule has 1 aromatic heterocycles. The maximum absolute atomic E-state index is 11.4. The summed E-state index contributed by atoms with van der Waals surface area (Å²) in [6.07, 6.45) is 16.8. The molecule has 0 aliphatic heterocycles. The average molecular weight is 768 g/mol. The summed E-state index contributed by atoms with van der Waals surface area (Å²) in [6, 6.07) is 42.8. The molecule has 3 fully saturated rings. The summed E-state index contributed by atoms with van der Waals surface area (Å²) in [5, 5.41) is 11.4. The van der Waals surface area contributed by atoms with Crippen LogP contribution in [0.4, 0.5) is 0 Å². The highest BCUT2D eigenvalue weighted by Gasteiger charge is 2.44. The minimum absolute atomic E-state index is 0.0967. The molecule has 0 saturated heterocycles. The van der Waals surface area contributed by atoms with E-state index < -0.39 is 0 Å². The van der Waals surface area contributed by atoms with Crippen LogP contribution >= 0.6 is 0 Å². The van der Waals surface area contributed by atoms with Crippen LogP contribution in [0.25, 0.3) is 56.4 Å². The van der Waals surface area contributed by atoms with Crippen LogP contribution in [0.5, 0.6) is 11.5 Å². The van der Waals surface area contributed by atoms with Crippen molar-refractivity contribution in [2.24, 2.45) is 35.5 Å². The Morgan fingerprint density at radius 1 is 0.534 bits per heavy atom. The Kier molecular flexibility index (Phi) is 11.7. The van der Waals surface area contributed by atoms with E-state index in [4.69, 9.17) is 19.7 Å². The molecule has 5 aromatic carbocycles. The van der Waals surface area contributed by atoms with Gasteiger partial charge in [0.05, 0.1) is 12.2 Å². The summed E-state index contributed by atoms with van der Waals surface area (Å²) < 4.78 is 6.28. The molecule has 3 aliphatic carbocycles. The molecule has 1 heterocycles. The first-order valence-corrected chi connectivity index (χ1v) is 22.1. The predicted octanol–water partition coefficient (Wildman–Crippen LogP) is 13.7. The van der Waals surface area contributed by atoms with Crippen molar-refractivity contribution in [1.82, 2.24) is 15.0 Å². The van der Waals surface area contributed by atoms with E-state index >= 15 is 0 Å². The Bertz CT molecular complexity index is 2160. The average Bonchev–Trinajstić information content (AvgIpc) is 4.04. The largest absolute Gasteiger partial charge is 0.507 e. The summed E-state index contributed by atoms with van der Waals surface area (Å²) in [5.74, 6) is 7.97. The van der Waals surface area contributed by atoms with Crippen LogP contribution in [-0.4, -0.2) is 26.7 Å². The lowest BCUT2D eigenvalue weighted by Gasteiger charge is -2.20. The van der Waals surface area contributed by atoms with Crippen LogP contribution in [0.1, 0.15) is 84.0 Å². The molecule has 0 spiro atoms. The quantitative estimate of drug-likeness (QED) is 0.112. The van der Waals surface area contributed by atoms with Crippen molar-refractivity contribution < 1.29 is 9.84 Å². The third-order valence-electron chi connectivity index (χ3n) is 13.9. The second-order valence-corrected chi connectivity index (χ2v) is 17.4. The molecule has 5 nitrogen and oxygen atoms in total. The van der Waals surface area contributed by atoms with E-state index in [1.807, 2.05) is 48.5 Å². The molecule has 3 aliphatic rings. The number of ether oxygens (including phenoxy) is 1. The van der Waals surface area contributed by atoms with Gasteiger partial charge in [0.25, 0.3) is 0 Å². The number of phenols is 1. The van der Waals surface area contributed by atoms with E-state index in [9.17, 15) is 5.11 Å². The predicted molar refractivity (Wildman–Crippen MR) is 236 cm³/mol. The first-order valence-electron chi connectivity index (χ1n) is 22.1. The summed E-state index contributed by atoms with van der Waals surface area (Å²) in [4.78, 5) is 14.8. The molecule has 296 valence electrons.